The first-order valence-electron chi connectivity index (χ1n) is 10.1. The van der Waals surface area contributed by atoms with Gasteiger partial charge in [0.1, 0.15) is 18.0 Å². The lowest BCUT2D eigenvalue weighted by Gasteiger charge is -2.33. The van der Waals surface area contributed by atoms with Crippen molar-refractivity contribution >= 4 is 17.7 Å². The number of aromatic nitrogens is 2. The average molecular weight is 434 g/mol. The minimum absolute atomic E-state index is 0.211. The molecule has 1 N–H and O–H groups in total. The summed E-state index contributed by atoms with van der Waals surface area (Å²) in [4.78, 5) is 20.5. The summed E-state index contributed by atoms with van der Waals surface area (Å²) >= 11 is 5.90. The molecule has 6 nitrogen and oxygen atoms in total. The molecule has 1 amide bonds. The first kappa shape index (κ1) is 23.9. The Morgan fingerprint density at radius 3 is 2.47 bits per heavy atom. The molecule has 0 spiro atoms. The fraction of sp³-hybridized carbons (Fsp3) is 0.522. The zero-order valence-electron chi connectivity index (χ0n) is 18.9. The second-order valence-corrected chi connectivity index (χ2v) is 9.60. The summed E-state index contributed by atoms with van der Waals surface area (Å²) in [6.45, 7) is 14.0. The SMILES string of the molecule is Cc1cc(-c2ccnc(Cl)n2)ccc1OC[C@](C)(CC(C)C)NC(=O)OC(C)(C)C. The number of benzene rings is 1. The van der Waals surface area contributed by atoms with Crippen LogP contribution in [0, 0.1) is 12.8 Å². The van der Waals surface area contributed by atoms with Gasteiger partial charge in [0, 0.05) is 11.8 Å². The summed E-state index contributed by atoms with van der Waals surface area (Å²) in [6, 6.07) is 7.65. The Labute approximate surface area is 184 Å². The highest BCUT2D eigenvalue weighted by atomic mass is 35.5. The fourth-order valence-electron chi connectivity index (χ4n) is 3.30. The Bertz CT molecular complexity index is 880. The summed E-state index contributed by atoms with van der Waals surface area (Å²) in [5, 5.41) is 3.21. The lowest BCUT2D eigenvalue weighted by Crippen LogP contribution is -2.52. The third-order valence-electron chi connectivity index (χ3n) is 4.30. The van der Waals surface area contributed by atoms with Crippen LogP contribution in [0.1, 0.15) is 53.5 Å². The minimum atomic E-state index is -0.568. The van der Waals surface area contributed by atoms with Crippen LogP contribution in [0.15, 0.2) is 30.5 Å². The largest absolute Gasteiger partial charge is 0.491 e. The van der Waals surface area contributed by atoms with Crippen LogP contribution >= 0.6 is 11.6 Å². The third-order valence-corrected chi connectivity index (χ3v) is 4.49. The molecule has 30 heavy (non-hydrogen) atoms. The number of nitrogens with zero attached hydrogens (tertiary/aromatic N) is 2. The highest BCUT2D eigenvalue weighted by Crippen LogP contribution is 2.27. The number of rotatable bonds is 7. The summed E-state index contributed by atoms with van der Waals surface area (Å²) < 4.78 is 11.6. The molecule has 0 saturated heterocycles. The van der Waals surface area contributed by atoms with Crippen LogP contribution in [-0.2, 0) is 4.74 Å². The van der Waals surface area contributed by atoms with Gasteiger partial charge in [-0.05, 0) is 88.4 Å². The van der Waals surface area contributed by atoms with Crippen LogP contribution in [0.3, 0.4) is 0 Å². The predicted octanol–water partition coefficient (Wildman–Crippen LogP) is 5.81. The van der Waals surface area contributed by atoms with E-state index in [1.165, 1.54) is 0 Å². The van der Waals surface area contributed by atoms with Gasteiger partial charge in [0.15, 0.2) is 0 Å². The molecule has 0 aliphatic rings. The maximum Gasteiger partial charge on any atom is 0.408 e. The van der Waals surface area contributed by atoms with Crippen LogP contribution < -0.4 is 10.1 Å². The van der Waals surface area contributed by atoms with Crippen molar-refractivity contribution in [3.8, 4) is 17.0 Å². The third kappa shape index (κ3) is 7.48. The molecule has 1 aromatic heterocycles. The number of carbonyl (C=O) groups is 1. The lowest BCUT2D eigenvalue weighted by atomic mass is 9.91. The van der Waals surface area contributed by atoms with E-state index in [2.05, 4.69) is 29.1 Å². The van der Waals surface area contributed by atoms with Gasteiger partial charge in [-0.2, -0.15) is 0 Å². The van der Waals surface area contributed by atoms with Crippen LogP contribution in [-0.4, -0.2) is 33.8 Å². The van der Waals surface area contributed by atoms with E-state index in [9.17, 15) is 4.79 Å². The summed E-state index contributed by atoms with van der Waals surface area (Å²) in [5.41, 5.74) is 1.52. The monoisotopic (exact) mass is 433 g/mol. The fourth-order valence-corrected chi connectivity index (χ4v) is 3.45. The smallest absolute Gasteiger partial charge is 0.408 e. The highest BCUT2D eigenvalue weighted by Gasteiger charge is 2.31. The van der Waals surface area contributed by atoms with E-state index in [-0.39, 0.29) is 5.28 Å². The van der Waals surface area contributed by atoms with Gasteiger partial charge in [-0.25, -0.2) is 14.8 Å². The Hall–Kier alpha value is -2.34. The lowest BCUT2D eigenvalue weighted by molar-refractivity contribution is 0.0408. The quantitative estimate of drug-likeness (QED) is 0.557. The number of halogens is 1. The van der Waals surface area contributed by atoms with Crippen molar-refractivity contribution in [2.75, 3.05) is 6.61 Å². The maximum absolute atomic E-state index is 12.4. The van der Waals surface area contributed by atoms with Crippen LogP contribution in [0.4, 0.5) is 4.79 Å². The van der Waals surface area contributed by atoms with E-state index >= 15 is 0 Å². The van der Waals surface area contributed by atoms with E-state index in [0.717, 1.165) is 29.0 Å². The Morgan fingerprint density at radius 1 is 1.20 bits per heavy atom. The van der Waals surface area contributed by atoms with Crippen molar-refractivity contribution in [3.05, 3.63) is 41.3 Å². The normalized spacial score (nSPS) is 13.6. The van der Waals surface area contributed by atoms with Gasteiger partial charge in [-0.3, -0.25) is 0 Å². The second kappa shape index (κ2) is 9.65. The number of nitrogens with one attached hydrogen (secondary N) is 1. The van der Waals surface area contributed by atoms with Gasteiger partial charge in [0.2, 0.25) is 5.28 Å². The summed E-state index contributed by atoms with van der Waals surface area (Å²) in [7, 11) is 0. The first-order chi connectivity index (χ1) is 13.9. The molecular formula is C23H32ClN3O3. The van der Waals surface area contributed by atoms with Gasteiger partial charge in [0.25, 0.3) is 0 Å². The van der Waals surface area contributed by atoms with Crippen molar-refractivity contribution in [2.24, 2.45) is 5.92 Å². The topological polar surface area (TPSA) is 73.3 Å². The number of hydrogen-bond donors (Lipinski definition) is 1. The molecule has 0 fully saturated rings. The molecule has 0 unspecified atom stereocenters. The van der Waals surface area contributed by atoms with Crippen molar-refractivity contribution in [1.82, 2.24) is 15.3 Å². The van der Waals surface area contributed by atoms with E-state index in [1.54, 1.807) is 6.20 Å². The summed E-state index contributed by atoms with van der Waals surface area (Å²) in [6.07, 6.45) is 1.94. The molecule has 7 heteroatoms. The molecule has 0 aliphatic carbocycles. The standard InChI is InChI=1S/C23H32ClN3O3/c1-15(2)13-23(7,27-21(28)30-22(4,5)6)14-29-19-9-8-17(12-16(19)3)18-10-11-25-20(24)26-18/h8-12,15H,13-14H2,1-7H3,(H,27,28)/t23-/m0/s1. The highest BCUT2D eigenvalue weighted by molar-refractivity contribution is 6.28. The molecule has 2 rings (SSSR count). The summed E-state index contributed by atoms with van der Waals surface area (Å²) in [5.74, 6) is 1.12. The van der Waals surface area contributed by atoms with Crippen LogP contribution in [0.25, 0.3) is 11.3 Å². The van der Waals surface area contributed by atoms with E-state index in [1.807, 2.05) is 58.9 Å². The number of aryl methyl sites for hydroxylation is 1. The van der Waals surface area contributed by atoms with Gasteiger partial charge in [-0.15, -0.1) is 0 Å². The Morgan fingerprint density at radius 2 is 1.90 bits per heavy atom. The number of ether oxygens (including phenoxy) is 2. The zero-order valence-corrected chi connectivity index (χ0v) is 19.6. The first-order valence-corrected chi connectivity index (χ1v) is 10.5. The van der Waals surface area contributed by atoms with Gasteiger partial charge < -0.3 is 14.8 Å². The number of alkyl carbamates (subject to hydrolysis) is 1. The van der Waals surface area contributed by atoms with E-state index in [0.29, 0.717) is 12.5 Å². The van der Waals surface area contributed by atoms with Crippen molar-refractivity contribution < 1.29 is 14.3 Å². The molecular weight excluding hydrogens is 402 g/mol. The van der Waals surface area contributed by atoms with Crippen molar-refractivity contribution in [3.63, 3.8) is 0 Å². The molecule has 0 saturated carbocycles. The maximum atomic E-state index is 12.4. The molecule has 2 aromatic rings. The van der Waals surface area contributed by atoms with Gasteiger partial charge >= 0.3 is 6.09 Å². The van der Waals surface area contributed by atoms with E-state index in [4.69, 9.17) is 21.1 Å². The van der Waals surface area contributed by atoms with E-state index < -0.39 is 17.2 Å². The predicted molar refractivity (Wildman–Crippen MR) is 120 cm³/mol. The number of hydrogen-bond acceptors (Lipinski definition) is 5. The van der Waals surface area contributed by atoms with Gasteiger partial charge in [-0.1, -0.05) is 13.8 Å². The molecule has 0 radical (unpaired) electrons. The molecule has 1 heterocycles. The van der Waals surface area contributed by atoms with Crippen molar-refractivity contribution in [1.29, 1.82) is 0 Å². The molecule has 0 aliphatic heterocycles. The van der Waals surface area contributed by atoms with Crippen LogP contribution in [0.2, 0.25) is 5.28 Å². The Kier molecular flexibility index (Phi) is 7.70. The van der Waals surface area contributed by atoms with Gasteiger partial charge in [0.05, 0.1) is 11.2 Å². The molecule has 1 atom stereocenters. The minimum Gasteiger partial charge on any atom is -0.491 e. The number of amides is 1. The Balaban J connectivity index is 2.13. The van der Waals surface area contributed by atoms with Crippen molar-refractivity contribution in [2.45, 2.75) is 66.0 Å². The van der Waals surface area contributed by atoms with Crippen LogP contribution in [0.5, 0.6) is 5.75 Å². The zero-order chi connectivity index (χ0) is 22.5. The molecule has 0 bridgehead atoms. The average Bonchev–Trinajstić information content (AvgIpc) is 2.58. The second-order valence-electron chi connectivity index (χ2n) is 9.27. The molecule has 1 aromatic carbocycles. The molecule has 164 valence electrons. The number of carbonyl (C=O) groups excluding carboxylic acids is 1.